The van der Waals surface area contributed by atoms with Crippen LogP contribution in [-0.4, -0.2) is 38.0 Å². The van der Waals surface area contributed by atoms with Crippen LogP contribution >= 0.6 is 0 Å². The van der Waals surface area contributed by atoms with E-state index in [2.05, 4.69) is 5.10 Å². The Morgan fingerprint density at radius 3 is 2.78 bits per heavy atom. The van der Waals surface area contributed by atoms with Crippen LogP contribution in [0.3, 0.4) is 0 Å². The van der Waals surface area contributed by atoms with Crippen molar-refractivity contribution >= 4 is 6.09 Å². The van der Waals surface area contributed by atoms with Gasteiger partial charge in [0.05, 0.1) is 0 Å². The Labute approximate surface area is 135 Å². The highest BCUT2D eigenvalue weighted by molar-refractivity contribution is 5.70. The molecule has 1 atom stereocenters. The zero-order valence-corrected chi connectivity index (χ0v) is 13.6. The van der Waals surface area contributed by atoms with Crippen molar-refractivity contribution in [3.8, 4) is 5.75 Å². The Bertz CT molecular complexity index is 704. The quantitative estimate of drug-likeness (QED) is 0.878. The predicted octanol–water partition coefficient (Wildman–Crippen LogP) is 2.93. The first kappa shape index (κ1) is 15.4. The van der Waals surface area contributed by atoms with Crippen molar-refractivity contribution < 1.29 is 14.6 Å². The summed E-state index contributed by atoms with van der Waals surface area (Å²) in [5, 5.41) is 14.6. The molecule has 0 saturated carbocycles. The molecule has 1 N–H and O–H groups in total. The number of phenolic OH excluding ortho intramolecular Hbond substituents is 1. The molecule has 1 aliphatic heterocycles. The second kappa shape index (κ2) is 5.61. The van der Waals surface area contributed by atoms with Crippen molar-refractivity contribution in [2.24, 2.45) is 0 Å². The molecule has 0 aliphatic carbocycles. The van der Waals surface area contributed by atoms with Gasteiger partial charge in [-0.05, 0) is 44.9 Å². The first-order valence-corrected chi connectivity index (χ1v) is 7.66. The average Bonchev–Trinajstić information content (AvgIpc) is 2.98. The fourth-order valence-electron chi connectivity index (χ4n) is 2.85. The summed E-state index contributed by atoms with van der Waals surface area (Å²) in [4.78, 5) is 14.2. The number of benzene rings is 1. The summed E-state index contributed by atoms with van der Waals surface area (Å²) in [6.07, 6.45) is 3.18. The molecule has 1 aromatic carbocycles. The van der Waals surface area contributed by atoms with Gasteiger partial charge >= 0.3 is 6.09 Å². The van der Waals surface area contributed by atoms with Crippen molar-refractivity contribution in [2.75, 3.05) is 6.54 Å². The highest BCUT2D eigenvalue weighted by Crippen LogP contribution is 2.37. The monoisotopic (exact) mass is 315 g/mol. The molecular weight excluding hydrogens is 294 g/mol. The number of hydrogen-bond donors (Lipinski definition) is 1. The van der Waals surface area contributed by atoms with E-state index in [1.165, 1.54) is 0 Å². The van der Waals surface area contributed by atoms with Crippen LogP contribution in [0.2, 0.25) is 0 Å². The predicted molar refractivity (Wildman–Crippen MR) is 85.1 cm³/mol. The molecule has 1 aromatic heterocycles. The second-order valence-corrected chi connectivity index (χ2v) is 6.63. The first-order valence-electron chi connectivity index (χ1n) is 7.66. The number of phenols is 1. The highest BCUT2D eigenvalue weighted by atomic mass is 16.6. The van der Waals surface area contributed by atoms with Crippen LogP contribution in [0.25, 0.3) is 0 Å². The smallest absolute Gasteiger partial charge is 0.412 e. The van der Waals surface area contributed by atoms with Crippen LogP contribution in [0, 0.1) is 0 Å². The van der Waals surface area contributed by atoms with Gasteiger partial charge in [0.2, 0.25) is 0 Å². The second-order valence-electron chi connectivity index (χ2n) is 6.63. The summed E-state index contributed by atoms with van der Waals surface area (Å²) >= 11 is 0. The first-order chi connectivity index (χ1) is 10.9. The van der Waals surface area contributed by atoms with Crippen LogP contribution < -0.4 is 0 Å². The topological polar surface area (TPSA) is 67.6 Å². The molecule has 0 bridgehead atoms. The van der Waals surface area contributed by atoms with Crippen LogP contribution in [-0.2, 0) is 11.2 Å². The maximum atomic E-state index is 12.6. The Kier molecular flexibility index (Phi) is 3.75. The number of rotatable bonds is 1. The number of carbonyl (C=O) groups is 1. The zero-order valence-electron chi connectivity index (χ0n) is 13.6. The van der Waals surface area contributed by atoms with Crippen molar-refractivity contribution in [3.63, 3.8) is 0 Å². The minimum atomic E-state index is -0.579. The summed E-state index contributed by atoms with van der Waals surface area (Å²) in [6.45, 7) is 6.02. The SMILES string of the molecule is CC(C)(C)OC(=O)N1CCc2cccc(O)c2C1n1cccn1. The van der Waals surface area contributed by atoms with Gasteiger partial charge in [0.1, 0.15) is 11.4 Å². The molecule has 1 unspecified atom stereocenters. The van der Waals surface area contributed by atoms with Crippen LogP contribution in [0.5, 0.6) is 5.75 Å². The minimum absolute atomic E-state index is 0.163. The van der Waals surface area contributed by atoms with E-state index in [1.807, 2.05) is 32.9 Å². The van der Waals surface area contributed by atoms with Crippen LogP contribution in [0.1, 0.15) is 38.1 Å². The van der Waals surface area contributed by atoms with Gasteiger partial charge in [-0.3, -0.25) is 4.90 Å². The molecule has 0 saturated heterocycles. The number of nitrogens with zero attached hydrogens (tertiary/aromatic N) is 3. The molecular formula is C17H21N3O3. The van der Waals surface area contributed by atoms with Crippen molar-refractivity contribution in [1.29, 1.82) is 0 Å². The third-order valence-corrected chi connectivity index (χ3v) is 3.75. The van der Waals surface area contributed by atoms with Crippen molar-refractivity contribution in [2.45, 2.75) is 39.0 Å². The number of amides is 1. The molecule has 1 aliphatic rings. The van der Waals surface area contributed by atoms with E-state index in [-0.39, 0.29) is 5.75 Å². The Morgan fingerprint density at radius 1 is 1.35 bits per heavy atom. The average molecular weight is 315 g/mol. The molecule has 3 rings (SSSR count). The number of ether oxygens (including phenoxy) is 1. The summed E-state index contributed by atoms with van der Waals surface area (Å²) in [6, 6.07) is 7.21. The number of hydrogen-bond acceptors (Lipinski definition) is 4. The third kappa shape index (κ3) is 3.02. The Hall–Kier alpha value is -2.50. The van der Waals surface area contributed by atoms with E-state index in [4.69, 9.17) is 4.74 Å². The zero-order chi connectivity index (χ0) is 16.6. The van der Waals surface area contributed by atoms with Gasteiger partial charge < -0.3 is 9.84 Å². The third-order valence-electron chi connectivity index (χ3n) is 3.75. The molecule has 2 aromatic rings. The molecule has 1 amide bonds. The molecule has 23 heavy (non-hydrogen) atoms. The lowest BCUT2D eigenvalue weighted by atomic mass is 9.96. The van der Waals surface area contributed by atoms with E-state index in [0.29, 0.717) is 18.5 Å². The molecule has 0 radical (unpaired) electrons. The molecule has 6 heteroatoms. The maximum Gasteiger partial charge on any atom is 0.412 e. The summed E-state index contributed by atoms with van der Waals surface area (Å²) in [5.41, 5.74) is 1.14. The lowest BCUT2D eigenvalue weighted by molar-refractivity contribution is 0.00903. The van der Waals surface area contributed by atoms with Gasteiger partial charge in [0.15, 0.2) is 6.17 Å². The summed E-state index contributed by atoms with van der Waals surface area (Å²) < 4.78 is 7.19. The molecule has 6 nitrogen and oxygen atoms in total. The van der Waals surface area contributed by atoms with Gasteiger partial charge in [0, 0.05) is 24.5 Å². The van der Waals surface area contributed by atoms with Crippen molar-refractivity contribution in [1.82, 2.24) is 14.7 Å². The Morgan fingerprint density at radius 2 is 2.13 bits per heavy atom. The maximum absolute atomic E-state index is 12.6. The highest BCUT2D eigenvalue weighted by Gasteiger charge is 2.36. The molecule has 2 heterocycles. The molecule has 0 spiro atoms. The van der Waals surface area contributed by atoms with E-state index >= 15 is 0 Å². The van der Waals surface area contributed by atoms with Crippen molar-refractivity contribution in [3.05, 3.63) is 47.8 Å². The lowest BCUT2D eigenvalue weighted by Gasteiger charge is -2.38. The number of fused-ring (bicyclic) bond motifs is 1. The standard InChI is InChI=1S/C17H21N3O3/c1-17(2,3)23-16(22)19-11-8-12-6-4-7-13(21)14(12)15(19)20-10-5-9-18-20/h4-7,9-10,15,21H,8,11H2,1-3H3. The lowest BCUT2D eigenvalue weighted by Crippen LogP contribution is -2.45. The fraction of sp³-hybridized carbons (Fsp3) is 0.412. The van der Waals surface area contributed by atoms with Gasteiger partial charge in [-0.2, -0.15) is 5.10 Å². The molecule has 0 fully saturated rings. The van der Waals surface area contributed by atoms with E-state index < -0.39 is 17.9 Å². The molecule has 122 valence electrons. The van der Waals surface area contributed by atoms with E-state index in [9.17, 15) is 9.90 Å². The Balaban J connectivity index is 2.04. The van der Waals surface area contributed by atoms with Gasteiger partial charge in [0.25, 0.3) is 0 Å². The number of aromatic nitrogens is 2. The van der Waals surface area contributed by atoms with E-state index in [1.54, 1.807) is 34.1 Å². The van der Waals surface area contributed by atoms with E-state index in [0.717, 1.165) is 5.56 Å². The summed E-state index contributed by atoms with van der Waals surface area (Å²) in [5.74, 6) is 0.163. The largest absolute Gasteiger partial charge is 0.508 e. The van der Waals surface area contributed by atoms with Gasteiger partial charge in [-0.15, -0.1) is 0 Å². The fourth-order valence-corrected chi connectivity index (χ4v) is 2.85. The summed E-state index contributed by atoms with van der Waals surface area (Å²) in [7, 11) is 0. The normalized spacial score (nSPS) is 17.7. The van der Waals surface area contributed by atoms with Crippen LogP contribution in [0.4, 0.5) is 4.79 Å². The number of aromatic hydroxyl groups is 1. The van der Waals surface area contributed by atoms with Gasteiger partial charge in [-0.1, -0.05) is 12.1 Å². The van der Waals surface area contributed by atoms with Crippen LogP contribution in [0.15, 0.2) is 36.7 Å². The van der Waals surface area contributed by atoms with Gasteiger partial charge in [-0.25, -0.2) is 9.48 Å². The minimum Gasteiger partial charge on any atom is -0.508 e. The number of carbonyl (C=O) groups excluding carboxylic acids is 1.